The Kier molecular flexibility index (Phi) is 6.22. The Morgan fingerprint density at radius 2 is 1.94 bits per heavy atom. The standard InChI is InChI=1S/C24H22N4O2S2/c29-23(25-20-12-13-30-21-11-5-4-10-19(20)21)16-32-24-27-26-22(15-18-9-6-14-31-18)28(24)17-7-2-1-3-8-17/h1-11,14,20H,12-13,15-16H2,(H,25,29). The van der Waals surface area contributed by atoms with Crippen LogP contribution < -0.4 is 10.1 Å². The molecule has 162 valence electrons. The van der Waals surface area contributed by atoms with Crippen molar-refractivity contribution in [3.05, 3.63) is 88.4 Å². The average molecular weight is 463 g/mol. The van der Waals surface area contributed by atoms with Gasteiger partial charge in [0.05, 0.1) is 18.4 Å². The van der Waals surface area contributed by atoms with Crippen molar-refractivity contribution in [2.24, 2.45) is 0 Å². The number of nitrogens with one attached hydrogen (secondary N) is 1. The van der Waals surface area contributed by atoms with Crippen LogP contribution in [0.3, 0.4) is 0 Å². The predicted octanol–water partition coefficient (Wildman–Crippen LogP) is 4.65. The van der Waals surface area contributed by atoms with E-state index < -0.39 is 0 Å². The maximum atomic E-state index is 12.8. The molecule has 6 nitrogen and oxygen atoms in total. The van der Waals surface area contributed by atoms with Gasteiger partial charge in [0, 0.05) is 29.0 Å². The fraction of sp³-hybridized carbons (Fsp3) is 0.208. The van der Waals surface area contributed by atoms with Gasteiger partial charge in [0.2, 0.25) is 5.91 Å². The number of fused-ring (bicyclic) bond motifs is 1. The van der Waals surface area contributed by atoms with E-state index in [1.807, 2.05) is 65.2 Å². The molecule has 32 heavy (non-hydrogen) atoms. The zero-order valence-corrected chi connectivity index (χ0v) is 18.9. The number of aromatic nitrogens is 3. The van der Waals surface area contributed by atoms with E-state index in [0.717, 1.165) is 29.2 Å². The third-order valence-electron chi connectivity index (χ3n) is 5.25. The molecule has 2 aromatic carbocycles. The Labute approximate surface area is 194 Å². The van der Waals surface area contributed by atoms with Gasteiger partial charge in [0.25, 0.3) is 0 Å². The number of hydrogen-bond acceptors (Lipinski definition) is 6. The predicted molar refractivity (Wildman–Crippen MR) is 127 cm³/mol. The van der Waals surface area contributed by atoms with Gasteiger partial charge in [0.1, 0.15) is 11.6 Å². The van der Waals surface area contributed by atoms with Crippen molar-refractivity contribution in [1.29, 1.82) is 0 Å². The van der Waals surface area contributed by atoms with Gasteiger partial charge in [-0.3, -0.25) is 9.36 Å². The number of amides is 1. The van der Waals surface area contributed by atoms with Crippen LogP contribution in [0.1, 0.15) is 28.7 Å². The molecule has 0 aliphatic carbocycles. The van der Waals surface area contributed by atoms with Crippen LogP contribution >= 0.6 is 23.1 Å². The SMILES string of the molecule is O=C(CSc1nnc(Cc2cccs2)n1-c1ccccc1)NC1CCOc2ccccc21. The van der Waals surface area contributed by atoms with Crippen molar-refractivity contribution in [2.75, 3.05) is 12.4 Å². The number of ether oxygens (including phenoxy) is 1. The van der Waals surface area contributed by atoms with E-state index >= 15 is 0 Å². The van der Waals surface area contributed by atoms with E-state index in [4.69, 9.17) is 4.74 Å². The van der Waals surface area contributed by atoms with Crippen LogP contribution in [0.15, 0.2) is 77.3 Å². The number of carbonyl (C=O) groups excluding carboxylic acids is 1. The maximum absolute atomic E-state index is 12.8. The number of benzene rings is 2. The van der Waals surface area contributed by atoms with Gasteiger partial charge in [-0.15, -0.1) is 21.5 Å². The number of hydrogen-bond donors (Lipinski definition) is 1. The number of rotatable bonds is 7. The highest BCUT2D eigenvalue weighted by Crippen LogP contribution is 2.32. The minimum absolute atomic E-state index is 0.0286. The van der Waals surface area contributed by atoms with Gasteiger partial charge in [-0.25, -0.2) is 0 Å². The lowest BCUT2D eigenvalue weighted by Gasteiger charge is -2.26. The number of nitrogens with zero attached hydrogens (tertiary/aromatic N) is 3. The van der Waals surface area contributed by atoms with Crippen molar-refractivity contribution in [1.82, 2.24) is 20.1 Å². The van der Waals surface area contributed by atoms with E-state index in [2.05, 4.69) is 27.0 Å². The topological polar surface area (TPSA) is 69.0 Å². The molecule has 0 saturated carbocycles. The number of thiophene rings is 1. The first kappa shape index (κ1) is 20.8. The molecule has 0 radical (unpaired) electrons. The molecule has 4 aromatic rings. The molecule has 1 aliphatic heterocycles. The summed E-state index contributed by atoms with van der Waals surface area (Å²) in [4.78, 5) is 14.0. The van der Waals surface area contributed by atoms with Gasteiger partial charge in [0.15, 0.2) is 5.16 Å². The minimum atomic E-state index is -0.0329. The van der Waals surface area contributed by atoms with Gasteiger partial charge < -0.3 is 10.1 Å². The normalized spacial score (nSPS) is 15.1. The Morgan fingerprint density at radius 1 is 1.09 bits per heavy atom. The smallest absolute Gasteiger partial charge is 0.230 e. The first-order valence-corrected chi connectivity index (χ1v) is 12.3. The van der Waals surface area contributed by atoms with E-state index in [-0.39, 0.29) is 17.7 Å². The second kappa shape index (κ2) is 9.58. The Bertz CT molecular complexity index is 1190. The Hall–Kier alpha value is -3.10. The summed E-state index contributed by atoms with van der Waals surface area (Å²) in [6, 6.07) is 22.0. The van der Waals surface area contributed by atoms with Crippen LogP contribution in [0, 0.1) is 0 Å². The van der Waals surface area contributed by atoms with Crippen molar-refractivity contribution >= 4 is 29.0 Å². The molecule has 3 heterocycles. The highest BCUT2D eigenvalue weighted by Gasteiger charge is 2.23. The molecule has 1 unspecified atom stereocenters. The number of thioether (sulfide) groups is 1. The van der Waals surface area contributed by atoms with Crippen LogP contribution in [-0.2, 0) is 11.2 Å². The monoisotopic (exact) mass is 462 g/mol. The van der Waals surface area contributed by atoms with Crippen molar-refractivity contribution < 1.29 is 9.53 Å². The molecule has 0 bridgehead atoms. The molecule has 0 spiro atoms. The molecule has 0 fully saturated rings. The summed E-state index contributed by atoms with van der Waals surface area (Å²) in [7, 11) is 0. The molecule has 1 N–H and O–H groups in total. The van der Waals surface area contributed by atoms with E-state index in [0.29, 0.717) is 18.2 Å². The lowest BCUT2D eigenvalue weighted by atomic mass is 10.0. The number of para-hydroxylation sites is 2. The van der Waals surface area contributed by atoms with E-state index in [1.54, 1.807) is 11.3 Å². The molecule has 1 atom stereocenters. The second-order valence-corrected chi connectivity index (χ2v) is 9.38. The van der Waals surface area contributed by atoms with E-state index in [1.165, 1.54) is 16.6 Å². The van der Waals surface area contributed by atoms with Gasteiger partial charge >= 0.3 is 0 Å². The fourth-order valence-corrected chi connectivity index (χ4v) is 5.26. The van der Waals surface area contributed by atoms with Crippen molar-refractivity contribution in [3.8, 4) is 11.4 Å². The summed E-state index contributed by atoms with van der Waals surface area (Å²) < 4.78 is 7.74. The highest BCUT2D eigenvalue weighted by molar-refractivity contribution is 7.99. The van der Waals surface area contributed by atoms with Crippen LogP contribution in [0.25, 0.3) is 5.69 Å². The zero-order chi connectivity index (χ0) is 21.8. The highest BCUT2D eigenvalue weighted by atomic mass is 32.2. The van der Waals surface area contributed by atoms with Crippen molar-refractivity contribution in [3.63, 3.8) is 0 Å². The summed E-state index contributed by atoms with van der Waals surface area (Å²) in [5.41, 5.74) is 2.02. The summed E-state index contributed by atoms with van der Waals surface area (Å²) in [6.45, 7) is 0.601. The molecule has 1 aliphatic rings. The second-order valence-electron chi connectivity index (χ2n) is 7.41. The van der Waals surface area contributed by atoms with E-state index in [9.17, 15) is 4.79 Å². The van der Waals surface area contributed by atoms with Crippen molar-refractivity contribution in [2.45, 2.75) is 24.0 Å². The van der Waals surface area contributed by atoms with Gasteiger partial charge in [-0.1, -0.05) is 54.2 Å². The largest absolute Gasteiger partial charge is 0.493 e. The molecule has 1 amide bonds. The maximum Gasteiger partial charge on any atom is 0.230 e. The first-order valence-electron chi connectivity index (χ1n) is 10.4. The third-order valence-corrected chi connectivity index (χ3v) is 7.06. The molecule has 5 rings (SSSR count). The molecular weight excluding hydrogens is 440 g/mol. The van der Waals surface area contributed by atoms with Crippen LogP contribution in [-0.4, -0.2) is 33.0 Å². The molecule has 2 aromatic heterocycles. The van der Waals surface area contributed by atoms with Crippen LogP contribution in [0.4, 0.5) is 0 Å². The molecule has 8 heteroatoms. The summed E-state index contributed by atoms with van der Waals surface area (Å²) >= 11 is 3.10. The summed E-state index contributed by atoms with van der Waals surface area (Å²) in [5.74, 6) is 1.95. The molecular formula is C24H22N4O2S2. The minimum Gasteiger partial charge on any atom is -0.493 e. The Balaban J connectivity index is 1.31. The quantitative estimate of drug-likeness (QED) is 0.405. The van der Waals surface area contributed by atoms with Crippen LogP contribution in [0.2, 0.25) is 0 Å². The summed E-state index contributed by atoms with van der Waals surface area (Å²) in [5, 5.41) is 14.8. The van der Waals surface area contributed by atoms with Crippen LogP contribution in [0.5, 0.6) is 5.75 Å². The number of carbonyl (C=O) groups is 1. The first-order chi connectivity index (χ1) is 15.8. The lowest BCUT2D eigenvalue weighted by molar-refractivity contribution is -0.119. The third kappa shape index (κ3) is 4.56. The van der Waals surface area contributed by atoms with Gasteiger partial charge in [-0.2, -0.15) is 0 Å². The fourth-order valence-electron chi connectivity index (χ4n) is 3.77. The lowest BCUT2D eigenvalue weighted by Crippen LogP contribution is -2.33. The zero-order valence-electron chi connectivity index (χ0n) is 17.3. The molecule has 0 saturated heterocycles. The Morgan fingerprint density at radius 3 is 2.78 bits per heavy atom. The van der Waals surface area contributed by atoms with Gasteiger partial charge in [-0.05, 0) is 29.6 Å². The average Bonchev–Trinajstić information content (AvgIpc) is 3.49. The summed E-state index contributed by atoms with van der Waals surface area (Å²) in [6.07, 6.45) is 1.46.